The van der Waals surface area contributed by atoms with Gasteiger partial charge in [0.25, 0.3) is 0 Å². The van der Waals surface area contributed by atoms with Gasteiger partial charge in [0, 0.05) is 19.2 Å². The van der Waals surface area contributed by atoms with Crippen molar-refractivity contribution in [2.24, 2.45) is 0 Å². The van der Waals surface area contributed by atoms with Crippen molar-refractivity contribution in [1.82, 2.24) is 5.32 Å². The quantitative estimate of drug-likeness (QED) is 0.628. The van der Waals surface area contributed by atoms with E-state index in [9.17, 15) is 5.11 Å². The summed E-state index contributed by atoms with van der Waals surface area (Å²) < 4.78 is 5.44. The molecule has 0 aliphatic rings. The SMILES string of the molecule is CC(CCCO)NCC(O)COc1cccc(C#N)c1. The molecule has 0 aliphatic carbocycles. The topological polar surface area (TPSA) is 85.5 Å². The number of nitriles is 1. The number of hydrogen-bond donors (Lipinski definition) is 3. The summed E-state index contributed by atoms with van der Waals surface area (Å²) in [6.45, 7) is 2.81. The molecule has 20 heavy (non-hydrogen) atoms. The van der Waals surface area contributed by atoms with E-state index in [2.05, 4.69) is 5.32 Å². The fraction of sp³-hybridized carbons (Fsp3) is 0.533. The Labute approximate surface area is 119 Å². The molecule has 3 N–H and O–H groups in total. The first-order chi connectivity index (χ1) is 9.65. The zero-order valence-corrected chi connectivity index (χ0v) is 11.7. The minimum Gasteiger partial charge on any atom is -0.491 e. The van der Waals surface area contributed by atoms with Gasteiger partial charge in [-0.15, -0.1) is 0 Å². The molecule has 0 radical (unpaired) electrons. The molecule has 0 amide bonds. The maximum absolute atomic E-state index is 9.81. The Balaban J connectivity index is 2.25. The molecule has 0 fully saturated rings. The Bertz CT molecular complexity index is 431. The molecule has 0 aromatic heterocycles. The highest BCUT2D eigenvalue weighted by Crippen LogP contribution is 2.12. The molecular weight excluding hydrogens is 256 g/mol. The van der Waals surface area contributed by atoms with Gasteiger partial charge in [0.15, 0.2) is 0 Å². The molecule has 0 saturated heterocycles. The van der Waals surface area contributed by atoms with Gasteiger partial charge in [-0.2, -0.15) is 5.26 Å². The Morgan fingerprint density at radius 3 is 2.95 bits per heavy atom. The van der Waals surface area contributed by atoms with Crippen LogP contribution in [0.1, 0.15) is 25.3 Å². The summed E-state index contributed by atoms with van der Waals surface area (Å²) in [5.41, 5.74) is 0.535. The van der Waals surface area contributed by atoms with Gasteiger partial charge < -0.3 is 20.3 Å². The minimum atomic E-state index is -0.614. The molecule has 0 saturated carbocycles. The molecular formula is C15H22N2O3. The number of aliphatic hydroxyl groups is 2. The molecule has 5 nitrogen and oxygen atoms in total. The second-order valence-electron chi connectivity index (χ2n) is 4.78. The number of aliphatic hydroxyl groups excluding tert-OH is 2. The number of benzene rings is 1. The molecule has 1 aromatic carbocycles. The minimum absolute atomic E-state index is 0.175. The van der Waals surface area contributed by atoms with E-state index >= 15 is 0 Å². The number of nitrogens with one attached hydrogen (secondary N) is 1. The highest BCUT2D eigenvalue weighted by atomic mass is 16.5. The highest BCUT2D eigenvalue weighted by molar-refractivity contribution is 5.36. The highest BCUT2D eigenvalue weighted by Gasteiger charge is 2.08. The summed E-state index contributed by atoms with van der Waals surface area (Å²) in [6.07, 6.45) is 1.01. The molecule has 2 atom stereocenters. The molecule has 0 bridgehead atoms. The predicted octanol–water partition coefficient (Wildman–Crippen LogP) is 1.05. The van der Waals surface area contributed by atoms with Crippen molar-refractivity contribution in [1.29, 1.82) is 5.26 Å². The Morgan fingerprint density at radius 1 is 1.45 bits per heavy atom. The number of hydrogen-bond acceptors (Lipinski definition) is 5. The molecule has 5 heteroatoms. The van der Waals surface area contributed by atoms with Gasteiger partial charge in [-0.3, -0.25) is 0 Å². The van der Waals surface area contributed by atoms with Crippen molar-refractivity contribution in [3.8, 4) is 11.8 Å². The zero-order chi connectivity index (χ0) is 14.8. The van der Waals surface area contributed by atoms with Crippen LogP contribution in [0.15, 0.2) is 24.3 Å². The average molecular weight is 278 g/mol. The summed E-state index contributed by atoms with van der Waals surface area (Å²) in [6, 6.07) is 9.13. The number of ether oxygens (including phenoxy) is 1. The van der Waals surface area contributed by atoms with Crippen LogP contribution in [0.4, 0.5) is 0 Å². The first-order valence-electron chi connectivity index (χ1n) is 6.81. The summed E-state index contributed by atoms with van der Waals surface area (Å²) in [7, 11) is 0. The van der Waals surface area contributed by atoms with Crippen LogP contribution >= 0.6 is 0 Å². The van der Waals surface area contributed by atoms with Crippen LogP contribution in [0, 0.1) is 11.3 Å². The Hall–Kier alpha value is -1.61. The van der Waals surface area contributed by atoms with Crippen LogP contribution in [-0.2, 0) is 0 Å². The van der Waals surface area contributed by atoms with Crippen LogP contribution in [0.2, 0.25) is 0 Å². The predicted molar refractivity (Wildman–Crippen MR) is 76.4 cm³/mol. The second kappa shape index (κ2) is 9.32. The summed E-state index contributed by atoms with van der Waals surface area (Å²) in [5.74, 6) is 0.580. The third kappa shape index (κ3) is 6.53. The van der Waals surface area contributed by atoms with Crippen LogP contribution in [0.3, 0.4) is 0 Å². The van der Waals surface area contributed by atoms with Crippen molar-refractivity contribution < 1.29 is 14.9 Å². The van der Waals surface area contributed by atoms with Crippen molar-refractivity contribution in [3.63, 3.8) is 0 Å². The molecule has 1 rings (SSSR count). The normalized spacial score (nSPS) is 13.5. The second-order valence-corrected chi connectivity index (χ2v) is 4.78. The first kappa shape index (κ1) is 16.4. The standard InChI is InChI=1S/C15H22N2O3/c1-12(4-3-7-18)17-10-14(19)11-20-15-6-2-5-13(8-15)9-16/h2,5-6,8,12,14,17-19H,3-4,7,10-11H2,1H3. The Morgan fingerprint density at radius 2 is 2.25 bits per heavy atom. The maximum atomic E-state index is 9.81. The fourth-order valence-electron chi connectivity index (χ4n) is 1.74. The van der Waals surface area contributed by atoms with Crippen LogP contribution in [0.5, 0.6) is 5.75 Å². The Kier molecular flexibility index (Phi) is 7.66. The lowest BCUT2D eigenvalue weighted by Crippen LogP contribution is -2.36. The third-order valence-corrected chi connectivity index (χ3v) is 2.90. The van der Waals surface area contributed by atoms with E-state index in [1.807, 2.05) is 13.0 Å². The monoisotopic (exact) mass is 278 g/mol. The molecule has 0 aliphatic heterocycles. The fourth-order valence-corrected chi connectivity index (χ4v) is 1.74. The van der Waals surface area contributed by atoms with Crippen molar-refractivity contribution in [2.45, 2.75) is 31.9 Å². The molecule has 110 valence electrons. The molecule has 2 unspecified atom stereocenters. The summed E-state index contributed by atoms with van der Waals surface area (Å²) in [4.78, 5) is 0. The lowest BCUT2D eigenvalue weighted by atomic mass is 10.2. The van der Waals surface area contributed by atoms with Crippen molar-refractivity contribution in [3.05, 3.63) is 29.8 Å². The maximum Gasteiger partial charge on any atom is 0.120 e. The van der Waals surface area contributed by atoms with E-state index < -0.39 is 6.10 Å². The van der Waals surface area contributed by atoms with Gasteiger partial charge in [0.1, 0.15) is 18.5 Å². The van der Waals surface area contributed by atoms with E-state index in [0.29, 0.717) is 17.9 Å². The van der Waals surface area contributed by atoms with E-state index in [4.69, 9.17) is 15.1 Å². The molecule has 1 aromatic rings. The lowest BCUT2D eigenvalue weighted by molar-refractivity contribution is 0.103. The van der Waals surface area contributed by atoms with E-state index in [0.717, 1.165) is 12.8 Å². The van der Waals surface area contributed by atoms with Gasteiger partial charge in [0.05, 0.1) is 11.6 Å². The van der Waals surface area contributed by atoms with E-state index in [1.165, 1.54) is 0 Å². The van der Waals surface area contributed by atoms with Crippen LogP contribution < -0.4 is 10.1 Å². The number of nitrogens with zero attached hydrogens (tertiary/aromatic N) is 1. The van der Waals surface area contributed by atoms with E-state index in [1.54, 1.807) is 24.3 Å². The largest absolute Gasteiger partial charge is 0.491 e. The van der Waals surface area contributed by atoms with Crippen LogP contribution in [0.25, 0.3) is 0 Å². The van der Waals surface area contributed by atoms with Crippen molar-refractivity contribution in [2.75, 3.05) is 19.8 Å². The van der Waals surface area contributed by atoms with Crippen LogP contribution in [-0.4, -0.2) is 42.1 Å². The smallest absolute Gasteiger partial charge is 0.120 e. The van der Waals surface area contributed by atoms with Gasteiger partial charge >= 0.3 is 0 Å². The average Bonchev–Trinajstić information content (AvgIpc) is 2.49. The van der Waals surface area contributed by atoms with Gasteiger partial charge in [-0.25, -0.2) is 0 Å². The van der Waals surface area contributed by atoms with Gasteiger partial charge in [-0.1, -0.05) is 6.07 Å². The molecule has 0 spiro atoms. The van der Waals surface area contributed by atoms with Crippen molar-refractivity contribution >= 4 is 0 Å². The van der Waals surface area contributed by atoms with Gasteiger partial charge in [-0.05, 0) is 38.0 Å². The first-order valence-corrected chi connectivity index (χ1v) is 6.81. The summed E-state index contributed by atoms with van der Waals surface area (Å²) in [5, 5.41) is 30.5. The molecule has 0 heterocycles. The van der Waals surface area contributed by atoms with E-state index in [-0.39, 0.29) is 19.3 Å². The van der Waals surface area contributed by atoms with Gasteiger partial charge in [0.2, 0.25) is 0 Å². The third-order valence-electron chi connectivity index (χ3n) is 2.90. The summed E-state index contributed by atoms with van der Waals surface area (Å²) >= 11 is 0. The lowest BCUT2D eigenvalue weighted by Gasteiger charge is -2.17. The number of rotatable bonds is 9. The zero-order valence-electron chi connectivity index (χ0n) is 11.7.